The molecule has 0 aliphatic carbocycles. The Bertz CT molecular complexity index is 1290. The number of halogens is 1. The molecule has 0 radical (unpaired) electrons. The number of carbonyl (C=O) groups excluding carboxylic acids is 2. The van der Waals surface area contributed by atoms with Crippen LogP contribution in [0.2, 0.25) is 5.02 Å². The molecule has 160 valence electrons. The number of rotatable bonds is 6. The number of esters is 1. The van der Waals surface area contributed by atoms with E-state index in [9.17, 15) is 9.59 Å². The first-order chi connectivity index (χ1) is 15.5. The number of nitrogens with one attached hydrogen (secondary N) is 1. The van der Waals surface area contributed by atoms with Gasteiger partial charge in [-0.25, -0.2) is 9.98 Å². The summed E-state index contributed by atoms with van der Waals surface area (Å²) < 4.78 is 10.1. The molecule has 0 bridgehead atoms. The van der Waals surface area contributed by atoms with Crippen LogP contribution in [0, 0.1) is 11.3 Å². The fourth-order valence-corrected chi connectivity index (χ4v) is 3.53. The maximum Gasteiger partial charge on any atom is 0.310 e. The normalized spacial score (nSPS) is 12.0. The van der Waals surface area contributed by atoms with Crippen molar-refractivity contribution < 1.29 is 18.7 Å². The average Bonchev–Trinajstić information content (AvgIpc) is 3.42. The van der Waals surface area contributed by atoms with E-state index in [2.05, 4.69) is 15.3 Å². The van der Waals surface area contributed by atoms with Crippen LogP contribution in [0.25, 0.3) is 0 Å². The Balaban J connectivity index is 1.51. The van der Waals surface area contributed by atoms with Crippen molar-refractivity contribution in [3.05, 3.63) is 75.8 Å². The van der Waals surface area contributed by atoms with Crippen molar-refractivity contribution >= 4 is 40.7 Å². The standard InChI is InChI=1S/C23H17ClN4O4/c1-2-31-21(29)8-13-7-14-9-19(28-22(14)26-12-13)17-10-15(3-5-18(17)24)27-23(30)20-6-4-16(11-25)32-20/h3-7,10,12H,2,8-9H2,1H3,(H,27,30). The summed E-state index contributed by atoms with van der Waals surface area (Å²) in [5.74, 6) is -0.139. The third-order valence-corrected chi connectivity index (χ3v) is 5.06. The van der Waals surface area contributed by atoms with Gasteiger partial charge in [0.05, 0.1) is 18.7 Å². The molecule has 4 rings (SSSR count). The number of nitriles is 1. The number of pyridine rings is 1. The lowest BCUT2D eigenvalue weighted by Gasteiger charge is -2.08. The molecular weight excluding hydrogens is 432 g/mol. The molecule has 1 aromatic carbocycles. The van der Waals surface area contributed by atoms with Crippen LogP contribution in [0.1, 0.15) is 39.9 Å². The van der Waals surface area contributed by atoms with E-state index in [1.807, 2.05) is 12.1 Å². The highest BCUT2D eigenvalue weighted by Crippen LogP contribution is 2.31. The predicted molar refractivity (Wildman–Crippen MR) is 117 cm³/mol. The molecule has 0 saturated carbocycles. The zero-order valence-electron chi connectivity index (χ0n) is 17.0. The van der Waals surface area contributed by atoms with Crippen LogP contribution in [0.4, 0.5) is 11.5 Å². The second-order valence-corrected chi connectivity index (χ2v) is 7.38. The van der Waals surface area contributed by atoms with Gasteiger partial charge >= 0.3 is 5.97 Å². The smallest absolute Gasteiger partial charge is 0.310 e. The largest absolute Gasteiger partial charge is 0.466 e. The number of carbonyl (C=O) groups is 2. The van der Waals surface area contributed by atoms with Crippen LogP contribution in [-0.4, -0.2) is 29.2 Å². The number of furan rings is 1. The Morgan fingerprint density at radius 3 is 2.88 bits per heavy atom. The lowest BCUT2D eigenvalue weighted by Crippen LogP contribution is -2.12. The van der Waals surface area contributed by atoms with E-state index < -0.39 is 5.91 Å². The molecule has 0 spiro atoms. The summed E-state index contributed by atoms with van der Waals surface area (Å²) in [6.07, 6.45) is 2.24. The summed E-state index contributed by atoms with van der Waals surface area (Å²) in [5, 5.41) is 12.0. The van der Waals surface area contributed by atoms with Crippen molar-refractivity contribution in [1.82, 2.24) is 4.98 Å². The van der Waals surface area contributed by atoms with Gasteiger partial charge in [-0.2, -0.15) is 5.26 Å². The topological polar surface area (TPSA) is 118 Å². The third-order valence-electron chi connectivity index (χ3n) is 4.73. The molecule has 0 unspecified atom stereocenters. The Kier molecular flexibility index (Phi) is 6.01. The van der Waals surface area contributed by atoms with Gasteiger partial charge in [0.2, 0.25) is 5.76 Å². The van der Waals surface area contributed by atoms with Crippen molar-refractivity contribution in [2.24, 2.45) is 4.99 Å². The molecule has 1 aliphatic rings. The van der Waals surface area contributed by atoms with Crippen LogP contribution >= 0.6 is 11.6 Å². The summed E-state index contributed by atoms with van der Waals surface area (Å²) in [7, 11) is 0. The average molecular weight is 449 g/mol. The van der Waals surface area contributed by atoms with E-state index in [4.69, 9.17) is 26.0 Å². The van der Waals surface area contributed by atoms with E-state index in [1.54, 1.807) is 31.3 Å². The number of aromatic nitrogens is 1. The van der Waals surface area contributed by atoms with Crippen LogP contribution in [0.5, 0.6) is 0 Å². The van der Waals surface area contributed by atoms with Gasteiger partial charge in [0, 0.05) is 34.5 Å². The van der Waals surface area contributed by atoms with Gasteiger partial charge < -0.3 is 14.5 Å². The highest BCUT2D eigenvalue weighted by atomic mass is 35.5. The lowest BCUT2D eigenvalue weighted by atomic mass is 10.0. The lowest BCUT2D eigenvalue weighted by molar-refractivity contribution is -0.142. The molecule has 1 N–H and O–H groups in total. The number of benzene rings is 1. The summed E-state index contributed by atoms with van der Waals surface area (Å²) in [6.45, 7) is 2.09. The van der Waals surface area contributed by atoms with Gasteiger partial charge in [-0.15, -0.1) is 0 Å². The molecular formula is C23H17ClN4O4. The minimum absolute atomic E-state index is 0.0296. The highest BCUT2D eigenvalue weighted by molar-refractivity contribution is 6.34. The fraction of sp³-hybridized carbons (Fsp3) is 0.174. The zero-order chi connectivity index (χ0) is 22.7. The van der Waals surface area contributed by atoms with Crippen molar-refractivity contribution in [1.29, 1.82) is 5.26 Å². The second-order valence-electron chi connectivity index (χ2n) is 6.97. The Morgan fingerprint density at radius 1 is 1.28 bits per heavy atom. The van der Waals surface area contributed by atoms with Crippen LogP contribution in [0.3, 0.4) is 0 Å². The Hall–Kier alpha value is -3.96. The fourth-order valence-electron chi connectivity index (χ4n) is 3.30. The molecule has 2 aromatic heterocycles. The maximum atomic E-state index is 12.4. The highest BCUT2D eigenvalue weighted by Gasteiger charge is 2.21. The van der Waals surface area contributed by atoms with Crippen molar-refractivity contribution in [3.63, 3.8) is 0 Å². The van der Waals surface area contributed by atoms with E-state index in [0.717, 1.165) is 11.1 Å². The molecule has 9 heteroatoms. The number of hydrogen-bond donors (Lipinski definition) is 1. The molecule has 8 nitrogen and oxygen atoms in total. The monoisotopic (exact) mass is 448 g/mol. The molecule has 1 amide bonds. The van der Waals surface area contributed by atoms with Gasteiger partial charge in [0.1, 0.15) is 6.07 Å². The molecule has 3 aromatic rings. The summed E-state index contributed by atoms with van der Waals surface area (Å²) in [6, 6.07) is 11.6. The predicted octanol–water partition coefficient (Wildman–Crippen LogP) is 4.23. The van der Waals surface area contributed by atoms with Crippen molar-refractivity contribution in [3.8, 4) is 6.07 Å². The van der Waals surface area contributed by atoms with E-state index in [1.165, 1.54) is 12.1 Å². The van der Waals surface area contributed by atoms with Gasteiger partial charge in [-0.1, -0.05) is 11.6 Å². The van der Waals surface area contributed by atoms with Crippen LogP contribution in [-0.2, 0) is 22.4 Å². The van der Waals surface area contributed by atoms with Crippen LogP contribution in [0.15, 0.2) is 52.0 Å². The first-order valence-electron chi connectivity index (χ1n) is 9.79. The molecule has 0 atom stereocenters. The number of aliphatic imine (C=N–C) groups is 1. The minimum atomic E-state index is -0.485. The third kappa shape index (κ3) is 4.53. The van der Waals surface area contributed by atoms with Crippen molar-refractivity contribution in [2.45, 2.75) is 19.8 Å². The van der Waals surface area contributed by atoms with Crippen molar-refractivity contribution in [2.75, 3.05) is 11.9 Å². The second kappa shape index (κ2) is 9.04. The molecule has 32 heavy (non-hydrogen) atoms. The molecule has 0 saturated heterocycles. The summed E-state index contributed by atoms with van der Waals surface area (Å²) >= 11 is 6.40. The summed E-state index contributed by atoms with van der Waals surface area (Å²) in [5.41, 5.74) is 3.49. The Morgan fingerprint density at radius 2 is 2.12 bits per heavy atom. The number of hydrogen-bond acceptors (Lipinski definition) is 7. The van der Waals surface area contributed by atoms with Gasteiger partial charge in [0.15, 0.2) is 11.6 Å². The molecule has 0 fully saturated rings. The Labute approximate surface area is 188 Å². The van der Waals surface area contributed by atoms with E-state index in [-0.39, 0.29) is 23.9 Å². The number of nitrogens with zero attached hydrogens (tertiary/aromatic N) is 3. The number of ether oxygens (including phenoxy) is 1. The number of amides is 1. The van der Waals surface area contributed by atoms with E-state index >= 15 is 0 Å². The first kappa shape index (κ1) is 21.3. The van der Waals surface area contributed by atoms with Crippen LogP contribution < -0.4 is 5.32 Å². The van der Waals surface area contributed by atoms with Gasteiger partial charge in [-0.3, -0.25) is 9.59 Å². The van der Waals surface area contributed by atoms with Gasteiger partial charge in [0.25, 0.3) is 5.91 Å². The summed E-state index contributed by atoms with van der Waals surface area (Å²) in [4.78, 5) is 33.0. The number of anilines is 1. The maximum absolute atomic E-state index is 12.4. The molecule has 1 aliphatic heterocycles. The number of fused-ring (bicyclic) bond motifs is 1. The van der Waals surface area contributed by atoms with Gasteiger partial charge in [-0.05, 0) is 48.9 Å². The zero-order valence-corrected chi connectivity index (χ0v) is 17.8. The minimum Gasteiger partial charge on any atom is -0.466 e. The van der Waals surface area contributed by atoms with E-state index in [0.29, 0.717) is 40.8 Å². The molecule has 3 heterocycles. The quantitative estimate of drug-likeness (QED) is 0.563. The SMILES string of the molecule is CCOC(=O)Cc1cnc2c(c1)CC(c1cc(NC(=O)c3ccc(C#N)o3)ccc1Cl)=N2. The first-order valence-corrected chi connectivity index (χ1v) is 10.2.